The van der Waals surface area contributed by atoms with Crippen LogP contribution in [-0.2, 0) is 0 Å². The normalized spacial score (nSPS) is 19.1. The summed E-state index contributed by atoms with van der Waals surface area (Å²) >= 11 is 4.40. The van der Waals surface area contributed by atoms with E-state index in [0.717, 1.165) is 35.3 Å². The Labute approximate surface area is 115 Å². The lowest BCUT2D eigenvalue weighted by Crippen LogP contribution is -2.24. The van der Waals surface area contributed by atoms with Gasteiger partial charge in [-0.2, -0.15) is 12.6 Å². The summed E-state index contributed by atoms with van der Waals surface area (Å²) in [4.78, 5) is 0. The van der Waals surface area contributed by atoms with E-state index in [4.69, 9.17) is 0 Å². The predicted octanol–water partition coefficient (Wildman–Crippen LogP) is 5.68. The van der Waals surface area contributed by atoms with Crippen molar-refractivity contribution in [3.8, 4) is 0 Å². The van der Waals surface area contributed by atoms with E-state index in [2.05, 4.69) is 54.2 Å². The van der Waals surface area contributed by atoms with E-state index in [-0.39, 0.29) is 0 Å². The summed E-state index contributed by atoms with van der Waals surface area (Å²) < 4.78 is 0. The third kappa shape index (κ3) is 6.74. The van der Waals surface area contributed by atoms with Gasteiger partial charge in [0, 0.05) is 0 Å². The third-order valence-electron chi connectivity index (χ3n) is 4.69. The molecule has 0 nitrogen and oxygen atoms in total. The van der Waals surface area contributed by atoms with Crippen LogP contribution in [0.25, 0.3) is 0 Å². The molecule has 0 fully saturated rings. The van der Waals surface area contributed by atoms with Crippen LogP contribution in [0, 0.1) is 29.6 Å². The Hall–Kier alpha value is 0.350. The average molecular weight is 259 g/mol. The Morgan fingerprint density at radius 1 is 0.824 bits per heavy atom. The molecular formula is C16H34S. The molecule has 1 heteroatoms. The first-order valence-corrected chi connectivity index (χ1v) is 8.18. The van der Waals surface area contributed by atoms with Crippen molar-refractivity contribution in [3.05, 3.63) is 0 Å². The van der Waals surface area contributed by atoms with E-state index in [1.54, 1.807) is 0 Å². The van der Waals surface area contributed by atoms with Crippen LogP contribution in [0.4, 0.5) is 0 Å². The molecule has 0 aliphatic rings. The molecule has 0 saturated heterocycles. The van der Waals surface area contributed by atoms with Crippen LogP contribution in [-0.4, -0.2) is 5.75 Å². The van der Waals surface area contributed by atoms with E-state index in [9.17, 15) is 0 Å². The highest BCUT2D eigenvalue weighted by atomic mass is 32.1. The topological polar surface area (TPSA) is 0 Å². The summed E-state index contributed by atoms with van der Waals surface area (Å²) in [5.74, 6) is 5.30. The summed E-state index contributed by atoms with van der Waals surface area (Å²) in [6.45, 7) is 14.3. The molecule has 104 valence electrons. The van der Waals surface area contributed by atoms with Crippen molar-refractivity contribution in [2.75, 3.05) is 5.75 Å². The van der Waals surface area contributed by atoms with Gasteiger partial charge in [-0.05, 0) is 41.8 Å². The zero-order valence-corrected chi connectivity index (χ0v) is 13.8. The second kappa shape index (κ2) is 9.30. The Balaban J connectivity index is 4.20. The van der Waals surface area contributed by atoms with Crippen LogP contribution >= 0.6 is 12.6 Å². The minimum Gasteiger partial charge on any atom is -0.179 e. The number of hydrogen-bond acceptors (Lipinski definition) is 1. The maximum atomic E-state index is 4.40. The Kier molecular flexibility index (Phi) is 9.49. The number of hydrogen-bond donors (Lipinski definition) is 1. The van der Waals surface area contributed by atoms with Gasteiger partial charge < -0.3 is 0 Å². The predicted molar refractivity (Wildman–Crippen MR) is 83.8 cm³/mol. The maximum Gasteiger partial charge on any atom is -0.00952 e. The highest BCUT2D eigenvalue weighted by Crippen LogP contribution is 2.33. The summed E-state index contributed by atoms with van der Waals surface area (Å²) in [5, 5.41) is 0. The van der Waals surface area contributed by atoms with Crippen LogP contribution in [0.15, 0.2) is 0 Å². The van der Waals surface area contributed by atoms with Gasteiger partial charge in [-0.25, -0.2) is 0 Å². The Morgan fingerprint density at radius 3 is 1.82 bits per heavy atom. The van der Waals surface area contributed by atoms with Gasteiger partial charge in [-0.3, -0.25) is 0 Å². The van der Waals surface area contributed by atoms with Gasteiger partial charge in [0.25, 0.3) is 0 Å². The molecule has 0 radical (unpaired) electrons. The van der Waals surface area contributed by atoms with Gasteiger partial charge in [0.15, 0.2) is 0 Å². The molecule has 0 aromatic heterocycles. The number of rotatable bonds is 9. The Bertz CT molecular complexity index is 176. The second-order valence-corrected chi connectivity index (χ2v) is 6.79. The summed E-state index contributed by atoms with van der Waals surface area (Å²) in [6, 6.07) is 0. The molecule has 0 saturated carbocycles. The van der Waals surface area contributed by atoms with E-state index < -0.39 is 0 Å². The molecule has 0 aliphatic carbocycles. The minimum absolute atomic E-state index is 0.842. The fourth-order valence-corrected chi connectivity index (χ4v) is 3.14. The van der Waals surface area contributed by atoms with Gasteiger partial charge in [0.2, 0.25) is 0 Å². The van der Waals surface area contributed by atoms with Crippen molar-refractivity contribution in [2.24, 2.45) is 29.6 Å². The average Bonchev–Trinajstić information content (AvgIpc) is 2.31. The minimum atomic E-state index is 0.842. The van der Waals surface area contributed by atoms with Crippen molar-refractivity contribution in [3.63, 3.8) is 0 Å². The summed E-state index contributed by atoms with van der Waals surface area (Å²) in [7, 11) is 0. The molecule has 0 N–H and O–H groups in total. The van der Waals surface area contributed by atoms with Crippen molar-refractivity contribution in [1.82, 2.24) is 0 Å². The molecule has 0 aromatic carbocycles. The monoisotopic (exact) mass is 258 g/mol. The molecule has 0 aliphatic heterocycles. The van der Waals surface area contributed by atoms with E-state index in [1.807, 2.05) is 0 Å². The van der Waals surface area contributed by atoms with E-state index in [0.29, 0.717) is 0 Å². The van der Waals surface area contributed by atoms with Crippen LogP contribution in [0.5, 0.6) is 0 Å². The molecule has 0 heterocycles. The standard InChI is InChI=1S/C16H34S/c1-7-16(10-11-17)15(6)14(5)13(4)9-8-12(2)3/h12-17H,7-11H2,1-6H3. The van der Waals surface area contributed by atoms with Crippen molar-refractivity contribution >= 4 is 12.6 Å². The fourth-order valence-electron chi connectivity index (χ4n) is 2.81. The second-order valence-electron chi connectivity index (χ2n) is 6.35. The third-order valence-corrected chi connectivity index (χ3v) is 4.95. The molecule has 0 amide bonds. The molecule has 0 rings (SSSR count). The first-order chi connectivity index (χ1) is 7.93. The fraction of sp³-hybridized carbons (Fsp3) is 1.00. The molecular weight excluding hydrogens is 224 g/mol. The SMILES string of the molecule is CCC(CCS)C(C)C(C)C(C)CCC(C)C. The van der Waals surface area contributed by atoms with Gasteiger partial charge in [-0.1, -0.05) is 60.8 Å². The van der Waals surface area contributed by atoms with Crippen molar-refractivity contribution in [1.29, 1.82) is 0 Å². The van der Waals surface area contributed by atoms with Gasteiger partial charge in [0.1, 0.15) is 0 Å². The van der Waals surface area contributed by atoms with Gasteiger partial charge >= 0.3 is 0 Å². The first-order valence-electron chi connectivity index (χ1n) is 7.54. The molecule has 0 aromatic rings. The highest BCUT2D eigenvalue weighted by Gasteiger charge is 2.24. The van der Waals surface area contributed by atoms with E-state index >= 15 is 0 Å². The molecule has 0 spiro atoms. The van der Waals surface area contributed by atoms with Crippen molar-refractivity contribution < 1.29 is 0 Å². The van der Waals surface area contributed by atoms with Gasteiger partial charge in [0.05, 0.1) is 0 Å². The summed E-state index contributed by atoms with van der Waals surface area (Å²) in [6.07, 6.45) is 5.35. The van der Waals surface area contributed by atoms with E-state index in [1.165, 1.54) is 25.7 Å². The van der Waals surface area contributed by atoms with Crippen LogP contribution in [0.2, 0.25) is 0 Å². The lowest BCUT2D eigenvalue weighted by atomic mass is 9.74. The largest absolute Gasteiger partial charge is 0.179 e. The molecule has 0 bridgehead atoms. The van der Waals surface area contributed by atoms with Crippen LogP contribution < -0.4 is 0 Å². The van der Waals surface area contributed by atoms with Crippen molar-refractivity contribution in [2.45, 2.75) is 67.2 Å². The molecule has 4 unspecified atom stereocenters. The first kappa shape index (κ1) is 17.4. The maximum absolute atomic E-state index is 4.40. The quantitative estimate of drug-likeness (QED) is 0.506. The Morgan fingerprint density at radius 2 is 1.41 bits per heavy atom. The highest BCUT2D eigenvalue weighted by molar-refractivity contribution is 7.80. The lowest BCUT2D eigenvalue weighted by molar-refractivity contribution is 0.182. The zero-order valence-electron chi connectivity index (χ0n) is 12.9. The number of thiol groups is 1. The van der Waals surface area contributed by atoms with Crippen LogP contribution in [0.3, 0.4) is 0 Å². The zero-order chi connectivity index (χ0) is 13.4. The smallest absolute Gasteiger partial charge is 0.00952 e. The van der Waals surface area contributed by atoms with Crippen LogP contribution in [0.1, 0.15) is 67.2 Å². The molecule has 17 heavy (non-hydrogen) atoms. The van der Waals surface area contributed by atoms with Gasteiger partial charge in [-0.15, -0.1) is 0 Å². The summed E-state index contributed by atoms with van der Waals surface area (Å²) in [5.41, 5.74) is 0. The lowest BCUT2D eigenvalue weighted by Gasteiger charge is -2.32. The molecule has 4 atom stereocenters.